The maximum Gasteiger partial charge on any atom is 0.265 e. The molecule has 11 heteroatoms. The van der Waals surface area contributed by atoms with Crippen LogP contribution >= 0.6 is 23.2 Å². The van der Waals surface area contributed by atoms with Crippen LogP contribution in [0.25, 0.3) is 22.4 Å². The fourth-order valence-corrected chi connectivity index (χ4v) is 5.63. The summed E-state index contributed by atoms with van der Waals surface area (Å²) in [4.78, 5) is 45.4. The summed E-state index contributed by atoms with van der Waals surface area (Å²) >= 11 is 13.7. The highest BCUT2D eigenvalue weighted by Gasteiger charge is 2.22. The molecule has 1 aliphatic rings. The lowest BCUT2D eigenvalue weighted by Gasteiger charge is -2.15. The molecule has 2 aromatic heterocycles. The first kappa shape index (κ1) is 29.4. The summed E-state index contributed by atoms with van der Waals surface area (Å²) < 4.78 is 6.81. The normalized spacial score (nSPS) is 14.7. The van der Waals surface area contributed by atoms with E-state index in [2.05, 4.69) is 15.6 Å². The summed E-state index contributed by atoms with van der Waals surface area (Å²) in [6.07, 6.45) is 4.79. The van der Waals surface area contributed by atoms with E-state index >= 15 is 0 Å². The molecule has 0 spiro atoms. The number of methoxy groups -OCH3 is 1. The van der Waals surface area contributed by atoms with Crippen molar-refractivity contribution in [2.75, 3.05) is 19.0 Å². The Hall–Kier alpha value is -4.05. The van der Waals surface area contributed by atoms with Crippen LogP contribution in [0.1, 0.15) is 35.2 Å². The molecule has 2 N–H and O–H groups in total. The monoisotopic (exact) mass is 605 g/mol. The van der Waals surface area contributed by atoms with Gasteiger partial charge in [-0.1, -0.05) is 59.6 Å². The van der Waals surface area contributed by atoms with Gasteiger partial charge < -0.3 is 19.9 Å². The Bertz CT molecular complexity index is 1720. The van der Waals surface area contributed by atoms with Gasteiger partial charge in [0.25, 0.3) is 11.5 Å². The number of benzene rings is 2. The fourth-order valence-electron chi connectivity index (χ4n) is 5.03. The molecule has 216 valence electrons. The van der Waals surface area contributed by atoms with Crippen molar-refractivity contribution in [3.8, 4) is 28.3 Å². The molecule has 5 rings (SSSR count). The molecule has 1 amide bonds. The molecular formula is C31H29Cl2N5O4. The van der Waals surface area contributed by atoms with Gasteiger partial charge in [0.1, 0.15) is 11.3 Å². The standard InChI is InChI=1S/C31H29Cl2N5O4/c1-38-17-35-16-24(31(38)41)29(40)36-26-8-4-6-22(28(26)33)21-5-3-7-23(27(21)32)25-12-10-19(30(37-25)42-2)15-34-14-18-9-11-20(39)13-18/h3-8,10,12,16-18,34H,9,11,13-15H2,1-2H3,(H,36,40)/t18-/m1/s1. The maximum absolute atomic E-state index is 12.8. The smallest absolute Gasteiger partial charge is 0.265 e. The zero-order chi connectivity index (χ0) is 29.8. The number of amides is 1. The fraction of sp³-hybridized carbons (Fsp3) is 0.258. The lowest BCUT2D eigenvalue weighted by molar-refractivity contribution is -0.117. The summed E-state index contributed by atoms with van der Waals surface area (Å²) in [5.74, 6) is 0.566. The van der Waals surface area contributed by atoms with Crippen molar-refractivity contribution in [1.82, 2.24) is 19.9 Å². The number of nitrogens with zero attached hydrogens (tertiary/aromatic N) is 3. The van der Waals surface area contributed by atoms with E-state index in [4.69, 9.17) is 32.9 Å². The minimum atomic E-state index is -0.620. The Morgan fingerprint density at radius 3 is 2.52 bits per heavy atom. The number of ketones is 1. The third kappa shape index (κ3) is 6.23. The Labute approximate surface area is 252 Å². The second-order valence-electron chi connectivity index (χ2n) is 10.2. The van der Waals surface area contributed by atoms with Gasteiger partial charge in [0.15, 0.2) is 0 Å². The van der Waals surface area contributed by atoms with E-state index < -0.39 is 11.5 Å². The van der Waals surface area contributed by atoms with Gasteiger partial charge in [0.05, 0.1) is 34.9 Å². The van der Waals surface area contributed by atoms with Crippen LogP contribution in [0.3, 0.4) is 0 Å². The highest BCUT2D eigenvalue weighted by molar-refractivity contribution is 6.39. The molecule has 4 aromatic rings. The molecule has 42 heavy (non-hydrogen) atoms. The first-order valence-corrected chi connectivity index (χ1v) is 14.2. The Balaban J connectivity index is 1.38. The number of aryl methyl sites for hydroxylation is 1. The van der Waals surface area contributed by atoms with Crippen LogP contribution in [0.15, 0.2) is 65.8 Å². The number of ether oxygens (including phenoxy) is 1. The van der Waals surface area contributed by atoms with Crippen molar-refractivity contribution >= 4 is 40.6 Å². The maximum atomic E-state index is 12.8. The van der Waals surface area contributed by atoms with Crippen LogP contribution in [0.2, 0.25) is 10.0 Å². The number of carbonyl (C=O) groups excluding carboxylic acids is 2. The van der Waals surface area contributed by atoms with Crippen molar-refractivity contribution in [1.29, 1.82) is 0 Å². The van der Waals surface area contributed by atoms with Crippen molar-refractivity contribution in [3.05, 3.63) is 92.6 Å². The summed E-state index contributed by atoms with van der Waals surface area (Å²) in [5.41, 5.74) is 3.19. The third-order valence-electron chi connectivity index (χ3n) is 7.28. The van der Waals surface area contributed by atoms with Gasteiger partial charge in [-0.2, -0.15) is 0 Å². The van der Waals surface area contributed by atoms with Crippen LogP contribution in [-0.4, -0.2) is 39.9 Å². The topological polar surface area (TPSA) is 115 Å². The quantitative estimate of drug-likeness (QED) is 0.257. The van der Waals surface area contributed by atoms with Crippen LogP contribution in [0.4, 0.5) is 5.69 Å². The minimum absolute atomic E-state index is 0.103. The van der Waals surface area contributed by atoms with Crippen LogP contribution in [0, 0.1) is 5.92 Å². The number of nitrogens with one attached hydrogen (secondary N) is 2. The number of pyridine rings is 1. The highest BCUT2D eigenvalue weighted by atomic mass is 35.5. The SMILES string of the molecule is COc1nc(-c2cccc(-c3cccc(NC(=O)c4cncn(C)c4=O)c3Cl)c2Cl)ccc1CNC[C@@H]1CCC(=O)C1. The Kier molecular flexibility index (Phi) is 9.01. The number of anilines is 1. The molecule has 2 heterocycles. The van der Waals surface area contributed by atoms with Crippen molar-refractivity contribution in [2.24, 2.45) is 13.0 Å². The average molecular weight is 607 g/mol. The lowest BCUT2D eigenvalue weighted by atomic mass is 10.00. The first-order valence-electron chi connectivity index (χ1n) is 13.4. The summed E-state index contributed by atoms with van der Waals surface area (Å²) in [6.45, 7) is 1.33. The van der Waals surface area contributed by atoms with Gasteiger partial charge >= 0.3 is 0 Å². The molecule has 0 unspecified atom stereocenters. The van der Waals surface area contributed by atoms with E-state index in [1.807, 2.05) is 30.3 Å². The number of hydrogen-bond acceptors (Lipinski definition) is 7. The van der Waals surface area contributed by atoms with E-state index in [1.165, 1.54) is 24.1 Å². The average Bonchev–Trinajstić information content (AvgIpc) is 3.40. The zero-order valence-corrected chi connectivity index (χ0v) is 24.6. The van der Waals surface area contributed by atoms with Gasteiger partial charge in [0.2, 0.25) is 5.88 Å². The van der Waals surface area contributed by atoms with E-state index in [0.29, 0.717) is 70.1 Å². The van der Waals surface area contributed by atoms with Gasteiger partial charge in [-0.25, -0.2) is 9.97 Å². The van der Waals surface area contributed by atoms with Crippen LogP contribution < -0.4 is 20.9 Å². The third-order valence-corrected chi connectivity index (χ3v) is 8.09. The van der Waals surface area contributed by atoms with Crippen molar-refractivity contribution in [2.45, 2.75) is 25.8 Å². The second-order valence-corrected chi connectivity index (χ2v) is 10.9. The van der Waals surface area contributed by atoms with Crippen molar-refractivity contribution < 1.29 is 14.3 Å². The molecule has 1 aliphatic carbocycles. The number of halogens is 2. The molecule has 1 saturated carbocycles. The lowest BCUT2D eigenvalue weighted by Crippen LogP contribution is -2.27. The predicted octanol–water partition coefficient (Wildman–Crippen LogP) is 5.54. The highest BCUT2D eigenvalue weighted by Crippen LogP contribution is 2.41. The first-order chi connectivity index (χ1) is 20.3. The molecule has 1 fully saturated rings. The predicted molar refractivity (Wildman–Crippen MR) is 163 cm³/mol. The molecule has 0 bridgehead atoms. The summed E-state index contributed by atoms with van der Waals surface area (Å²) in [6, 6.07) is 14.6. The van der Waals surface area contributed by atoms with Gasteiger partial charge in [0, 0.05) is 54.9 Å². The zero-order valence-electron chi connectivity index (χ0n) is 23.1. The van der Waals surface area contributed by atoms with Gasteiger partial charge in [-0.15, -0.1) is 0 Å². The molecule has 2 aromatic carbocycles. The second kappa shape index (κ2) is 12.9. The molecule has 0 aliphatic heterocycles. The van der Waals surface area contributed by atoms with Gasteiger partial charge in [-0.05, 0) is 31.0 Å². The largest absolute Gasteiger partial charge is 0.481 e. The van der Waals surface area contributed by atoms with Crippen LogP contribution in [-0.2, 0) is 18.4 Å². The molecular weight excluding hydrogens is 577 g/mol. The van der Waals surface area contributed by atoms with Crippen LogP contribution in [0.5, 0.6) is 5.88 Å². The molecule has 1 atom stereocenters. The summed E-state index contributed by atoms with van der Waals surface area (Å²) in [7, 11) is 3.09. The van der Waals surface area contributed by atoms with Crippen molar-refractivity contribution in [3.63, 3.8) is 0 Å². The molecule has 0 saturated heterocycles. The summed E-state index contributed by atoms with van der Waals surface area (Å²) in [5, 5.41) is 6.82. The number of aromatic nitrogens is 3. The van der Waals surface area contributed by atoms with E-state index in [-0.39, 0.29) is 10.6 Å². The number of hydrogen-bond donors (Lipinski definition) is 2. The minimum Gasteiger partial charge on any atom is -0.481 e. The number of Topliss-reactive ketones (excluding diaryl/α,β-unsaturated/α-hetero) is 1. The Morgan fingerprint density at radius 1 is 1.05 bits per heavy atom. The molecule has 0 radical (unpaired) electrons. The number of carbonyl (C=O) groups is 2. The number of rotatable bonds is 9. The van der Waals surface area contributed by atoms with E-state index in [9.17, 15) is 14.4 Å². The van der Waals surface area contributed by atoms with Gasteiger partial charge in [-0.3, -0.25) is 14.4 Å². The van der Waals surface area contributed by atoms with E-state index in [1.54, 1.807) is 25.3 Å². The molecule has 9 nitrogen and oxygen atoms in total. The van der Waals surface area contributed by atoms with E-state index in [0.717, 1.165) is 18.5 Å². The Morgan fingerprint density at radius 2 is 1.79 bits per heavy atom.